The Bertz CT molecular complexity index is 504. The SMILES string of the molecule is CC(NC(=O)C(C)NC(=O)OCc1ccccc1)C(N)=O. The maximum absolute atomic E-state index is 11.7. The van der Waals surface area contributed by atoms with Crippen LogP contribution in [0.3, 0.4) is 0 Å². The van der Waals surface area contributed by atoms with Crippen LogP contribution < -0.4 is 16.4 Å². The highest BCUT2D eigenvalue weighted by Crippen LogP contribution is 2.00. The summed E-state index contributed by atoms with van der Waals surface area (Å²) in [4.78, 5) is 34.1. The van der Waals surface area contributed by atoms with Crippen LogP contribution in [0, 0.1) is 0 Å². The number of ether oxygens (including phenoxy) is 1. The summed E-state index contributed by atoms with van der Waals surface area (Å²) in [6, 6.07) is 7.51. The quantitative estimate of drug-likeness (QED) is 0.700. The first-order valence-electron chi connectivity index (χ1n) is 6.47. The number of primary amides is 1. The number of rotatable bonds is 6. The van der Waals surface area contributed by atoms with Gasteiger partial charge in [-0.3, -0.25) is 9.59 Å². The monoisotopic (exact) mass is 293 g/mol. The van der Waals surface area contributed by atoms with Crippen LogP contribution >= 0.6 is 0 Å². The molecule has 1 aromatic carbocycles. The third-order valence-electron chi connectivity index (χ3n) is 2.73. The van der Waals surface area contributed by atoms with Gasteiger partial charge >= 0.3 is 6.09 Å². The molecule has 0 bridgehead atoms. The Hall–Kier alpha value is -2.57. The van der Waals surface area contributed by atoms with E-state index in [0.29, 0.717) is 0 Å². The highest BCUT2D eigenvalue weighted by molar-refractivity contribution is 5.90. The number of amides is 3. The Morgan fingerprint density at radius 1 is 1.10 bits per heavy atom. The van der Waals surface area contributed by atoms with Crippen LogP contribution in [0.5, 0.6) is 0 Å². The molecule has 0 fully saturated rings. The van der Waals surface area contributed by atoms with Crippen LogP contribution in [0.15, 0.2) is 30.3 Å². The Kier molecular flexibility index (Phi) is 6.19. The highest BCUT2D eigenvalue weighted by Gasteiger charge is 2.19. The largest absolute Gasteiger partial charge is 0.445 e. The number of nitrogens with one attached hydrogen (secondary N) is 2. The average Bonchev–Trinajstić information content (AvgIpc) is 2.45. The van der Waals surface area contributed by atoms with E-state index in [9.17, 15) is 14.4 Å². The Morgan fingerprint density at radius 3 is 2.29 bits per heavy atom. The third kappa shape index (κ3) is 5.94. The fourth-order valence-electron chi connectivity index (χ4n) is 1.42. The second kappa shape index (κ2) is 7.88. The third-order valence-corrected chi connectivity index (χ3v) is 2.73. The molecule has 1 aromatic rings. The zero-order valence-corrected chi connectivity index (χ0v) is 12.0. The number of carbonyl (C=O) groups excluding carboxylic acids is 3. The first kappa shape index (κ1) is 16.5. The van der Waals surface area contributed by atoms with Crippen LogP contribution in [0.25, 0.3) is 0 Å². The van der Waals surface area contributed by atoms with E-state index in [4.69, 9.17) is 10.5 Å². The fraction of sp³-hybridized carbons (Fsp3) is 0.357. The van der Waals surface area contributed by atoms with Crippen LogP contribution in [-0.2, 0) is 20.9 Å². The minimum atomic E-state index is -0.838. The summed E-state index contributed by atoms with van der Waals surface area (Å²) >= 11 is 0. The van der Waals surface area contributed by atoms with Crippen molar-refractivity contribution in [3.8, 4) is 0 Å². The van der Waals surface area contributed by atoms with Gasteiger partial charge < -0.3 is 21.1 Å². The minimum absolute atomic E-state index is 0.110. The summed E-state index contributed by atoms with van der Waals surface area (Å²) in [5, 5.41) is 4.74. The number of hydrogen-bond acceptors (Lipinski definition) is 4. The van der Waals surface area contributed by atoms with E-state index in [1.807, 2.05) is 30.3 Å². The summed E-state index contributed by atoms with van der Waals surface area (Å²) in [6.45, 7) is 3.05. The standard InChI is InChI=1S/C14H19N3O4/c1-9(12(15)18)16-13(19)10(2)17-14(20)21-8-11-6-4-3-5-7-11/h3-7,9-10H,8H2,1-2H3,(H2,15,18)(H,16,19)(H,17,20). The summed E-state index contributed by atoms with van der Waals surface area (Å²) in [5.74, 6) is -1.17. The Morgan fingerprint density at radius 2 is 1.71 bits per heavy atom. The molecular weight excluding hydrogens is 274 g/mol. The highest BCUT2D eigenvalue weighted by atomic mass is 16.5. The van der Waals surface area contributed by atoms with E-state index in [2.05, 4.69) is 10.6 Å². The molecule has 2 unspecified atom stereocenters. The fourth-order valence-corrected chi connectivity index (χ4v) is 1.42. The van der Waals surface area contributed by atoms with Crippen molar-refractivity contribution in [2.45, 2.75) is 32.5 Å². The molecule has 7 nitrogen and oxygen atoms in total. The van der Waals surface area contributed by atoms with E-state index in [-0.39, 0.29) is 6.61 Å². The molecule has 0 aliphatic rings. The first-order chi connectivity index (χ1) is 9.90. The molecule has 21 heavy (non-hydrogen) atoms. The number of nitrogens with two attached hydrogens (primary N) is 1. The minimum Gasteiger partial charge on any atom is -0.445 e. The molecule has 0 aromatic heterocycles. The molecular formula is C14H19N3O4. The van der Waals surface area contributed by atoms with Crippen molar-refractivity contribution in [3.63, 3.8) is 0 Å². The maximum atomic E-state index is 11.7. The average molecular weight is 293 g/mol. The van der Waals surface area contributed by atoms with Gasteiger partial charge in [-0.1, -0.05) is 30.3 Å². The lowest BCUT2D eigenvalue weighted by atomic mass is 10.2. The van der Waals surface area contributed by atoms with E-state index in [0.717, 1.165) is 5.56 Å². The lowest BCUT2D eigenvalue weighted by Gasteiger charge is -2.16. The molecule has 0 radical (unpaired) electrons. The molecule has 0 saturated heterocycles. The van der Waals surface area contributed by atoms with Crippen molar-refractivity contribution in [1.29, 1.82) is 0 Å². The smallest absolute Gasteiger partial charge is 0.408 e. The van der Waals surface area contributed by atoms with Gasteiger partial charge in [-0.2, -0.15) is 0 Å². The first-order valence-corrected chi connectivity index (χ1v) is 6.47. The molecule has 0 heterocycles. The topological polar surface area (TPSA) is 111 Å². The van der Waals surface area contributed by atoms with Crippen LogP contribution in [0.2, 0.25) is 0 Å². The van der Waals surface area contributed by atoms with Gasteiger partial charge in [0.1, 0.15) is 18.7 Å². The van der Waals surface area contributed by atoms with Gasteiger partial charge in [-0.05, 0) is 19.4 Å². The van der Waals surface area contributed by atoms with Crippen molar-refractivity contribution >= 4 is 17.9 Å². The van der Waals surface area contributed by atoms with Gasteiger partial charge in [0.05, 0.1) is 0 Å². The molecule has 0 aliphatic heterocycles. The predicted octanol–water partition coefficient (Wildman–Crippen LogP) is 0.291. The van der Waals surface area contributed by atoms with Crippen molar-refractivity contribution in [2.24, 2.45) is 5.73 Å². The zero-order valence-electron chi connectivity index (χ0n) is 12.0. The molecule has 7 heteroatoms. The number of carbonyl (C=O) groups is 3. The van der Waals surface area contributed by atoms with E-state index in [1.165, 1.54) is 13.8 Å². The maximum Gasteiger partial charge on any atom is 0.408 e. The lowest BCUT2D eigenvalue weighted by Crippen LogP contribution is -2.50. The lowest BCUT2D eigenvalue weighted by molar-refractivity contribution is -0.127. The summed E-state index contributed by atoms with van der Waals surface area (Å²) in [6.07, 6.45) is -0.715. The number of benzene rings is 1. The molecule has 1 rings (SSSR count). The number of alkyl carbamates (subject to hydrolysis) is 1. The molecule has 114 valence electrons. The second-order valence-electron chi connectivity index (χ2n) is 4.56. The molecule has 0 aliphatic carbocycles. The Balaban J connectivity index is 2.36. The van der Waals surface area contributed by atoms with Gasteiger partial charge in [-0.25, -0.2) is 4.79 Å². The van der Waals surface area contributed by atoms with Gasteiger partial charge in [0.25, 0.3) is 0 Å². The summed E-state index contributed by atoms with van der Waals surface area (Å²) < 4.78 is 4.98. The van der Waals surface area contributed by atoms with Crippen LogP contribution in [0.1, 0.15) is 19.4 Å². The molecule has 3 amide bonds. The van der Waals surface area contributed by atoms with E-state index >= 15 is 0 Å². The second-order valence-corrected chi connectivity index (χ2v) is 4.56. The van der Waals surface area contributed by atoms with Gasteiger partial charge in [-0.15, -0.1) is 0 Å². The van der Waals surface area contributed by atoms with Gasteiger partial charge in [0, 0.05) is 0 Å². The molecule has 4 N–H and O–H groups in total. The van der Waals surface area contributed by atoms with Crippen LogP contribution in [-0.4, -0.2) is 30.0 Å². The van der Waals surface area contributed by atoms with Gasteiger partial charge in [0.15, 0.2) is 0 Å². The summed E-state index contributed by atoms with van der Waals surface area (Å²) in [5.41, 5.74) is 5.87. The molecule has 2 atom stereocenters. The van der Waals surface area contributed by atoms with E-state index < -0.39 is 30.0 Å². The van der Waals surface area contributed by atoms with Crippen molar-refractivity contribution < 1.29 is 19.1 Å². The van der Waals surface area contributed by atoms with Crippen LogP contribution in [0.4, 0.5) is 4.79 Å². The molecule has 0 spiro atoms. The zero-order chi connectivity index (χ0) is 15.8. The molecule has 0 saturated carbocycles. The Labute approximate surface area is 122 Å². The predicted molar refractivity (Wildman–Crippen MR) is 76.0 cm³/mol. The summed E-state index contributed by atoms with van der Waals surface area (Å²) in [7, 11) is 0. The van der Waals surface area contributed by atoms with E-state index in [1.54, 1.807) is 0 Å². The van der Waals surface area contributed by atoms with Crippen molar-refractivity contribution in [2.75, 3.05) is 0 Å². The van der Waals surface area contributed by atoms with Crippen molar-refractivity contribution in [1.82, 2.24) is 10.6 Å². The van der Waals surface area contributed by atoms with Crippen molar-refractivity contribution in [3.05, 3.63) is 35.9 Å². The number of hydrogen-bond donors (Lipinski definition) is 3. The normalized spacial score (nSPS) is 12.9. The van der Waals surface area contributed by atoms with Gasteiger partial charge in [0.2, 0.25) is 11.8 Å².